The first-order valence-corrected chi connectivity index (χ1v) is 6.90. The van der Waals surface area contributed by atoms with E-state index in [1.165, 1.54) is 7.05 Å². The summed E-state index contributed by atoms with van der Waals surface area (Å²) in [6.45, 7) is 2.49. The topological polar surface area (TPSA) is 124 Å². The second-order valence-corrected chi connectivity index (χ2v) is 4.77. The summed E-state index contributed by atoms with van der Waals surface area (Å²) < 4.78 is 0. The monoisotopic (exact) mass is 288 g/mol. The van der Waals surface area contributed by atoms with Gasteiger partial charge < -0.3 is 25.8 Å². The van der Waals surface area contributed by atoms with Crippen LogP contribution in [0.2, 0.25) is 6.32 Å². The average Bonchev–Trinajstić information content (AvgIpc) is 2.84. The van der Waals surface area contributed by atoms with Crippen molar-refractivity contribution < 1.29 is 24.7 Å². The maximum absolute atomic E-state index is 11.6. The Morgan fingerprint density at radius 1 is 1.30 bits per heavy atom. The number of carbonyl (C=O) groups is 2. The van der Waals surface area contributed by atoms with Gasteiger partial charge in [0, 0.05) is 19.5 Å². The third-order valence-electron chi connectivity index (χ3n) is 3.45. The van der Waals surface area contributed by atoms with Crippen molar-refractivity contribution in [2.24, 2.45) is 17.6 Å². The average molecular weight is 288 g/mol. The quantitative estimate of drug-likeness (QED) is 0.483. The molecule has 7 nitrogen and oxygen atoms in total. The molecule has 0 aromatic rings. The molecule has 116 valence electrons. The molecule has 0 saturated carbocycles. The number of carbonyl (C=O) groups excluding carboxylic acids is 1. The number of hydrogen-bond donors (Lipinski definition) is 4. The van der Waals surface area contributed by atoms with Crippen LogP contribution in [0.4, 0.5) is 0 Å². The number of carboxylic acids is 1. The van der Waals surface area contributed by atoms with Gasteiger partial charge in [-0.05, 0) is 25.7 Å². The van der Waals surface area contributed by atoms with E-state index in [1.54, 1.807) is 11.8 Å². The van der Waals surface area contributed by atoms with Crippen molar-refractivity contribution >= 4 is 19.0 Å². The van der Waals surface area contributed by atoms with Crippen molar-refractivity contribution in [2.45, 2.75) is 32.5 Å². The van der Waals surface area contributed by atoms with Gasteiger partial charge in [-0.1, -0.05) is 13.3 Å². The van der Waals surface area contributed by atoms with Crippen LogP contribution in [-0.4, -0.2) is 59.2 Å². The van der Waals surface area contributed by atoms with Gasteiger partial charge in [0.15, 0.2) is 0 Å². The molecule has 0 bridgehead atoms. The molecule has 20 heavy (non-hydrogen) atoms. The molecule has 0 aliphatic carbocycles. The van der Waals surface area contributed by atoms with E-state index in [4.69, 9.17) is 15.2 Å². The van der Waals surface area contributed by atoms with E-state index < -0.39 is 19.0 Å². The summed E-state index contributed by atoms with van der Waals surface area (Å²) in [7, 11) is 0.156. The molecule has 0 aromatic heterocycles. The zero-order valence-corrected chi connectivity index (χ0v) is 12.2. The molecule has 2 unspecified atom stereocenters. The number of hydrogen-bond acceptors (Lipinski definition) is 5. The van der Waals surface area contributed by atoms with Crippen molar-refractivity contribution in [3.8, 4) is 0 Å². The standard InChI is InChI=1S/C11H20BNO5.CH5N/c1-2-10(14)13-6-8(4-3-5-12(17)18)9(7-13)11(15)16;1-2/h8-9,17-18H,2-7H2,1H3,(H,15,16);2H2,1H3. The van der Waals surface area contributed by atoms with Crippen LogP contribution in [0.5, 0.6) is 0 Å². The fourth-order valence-electron chi connectivity index (χ4n) is 2.43. The van der Waals surface area contributed by atoms with Crippen LogP contribution < -0.4 is 5.73 Å². The molecule has 1 fully saturated rings. The predicted molar refractivity (Wildman–Crippen MR) is 75.8 cm³/mol. The molecule has 2 atom stereocenters. The molecular weight excluding hydrogens is 263 g/mol. The zero-order chi connectivity index (χ0) is 15.7. The SMILES string of the molecule is CCC(=O)N1CC(CCCB(O)O)C(C(=O)O)C1.CN. The van der Waals surface area contributed by atoms with E-state index in [2.05, 4.69) is 5.73 Å². The maximum Gasteiger partial charge on any atom is 0.451 e. The van der Waals surface area contributed by atoms with Crippen LogP contribution in [0.25, 0.3) is 0 Å². The largest absolute Gasteiger partial charge is 0.481 e. The molecule has 1 aliphatic rings. The molecule has 1 saturated heterocycles. The summed E-state index contributed by atoms with van der Waals surface area (Å²) in [5, 5.41) is 26.6. The molecule has 1 heterocycles. The van der Waals surface area contributed by atoms with Gasteiger partial charge in [0.25, 0.3) is 0 Å². The van der Waals surface area contributed by atoms with Crippen LogP contribution in [0, 0.1) is 11.8 Å². The third-order valence-corrected chi connectivity index (χ3v) is 3.45. The Balaban J connectivity index is 0.00000172. The van der Waals surface area contributed by atoms with Crippen LogP contribution in [0.15, 0.2) is 0 Å². The molecule has 1 amide bonds. The lowest BCUT2D eigenvalue weighted by atomic mass is 9.80. The summed E-state index contributed by atoms with van der Waals surface area (Å²) in [6.07, 6.45) is 1.78. The highest BCUT2D eigenvalue weighted by atomic mass is 16.4. The summed E-state index contributed by atoms with van der Waals surface area (Å²) in [6, 6.07) is 0. The molecule has 5 N–H and O–H groups in total. The lowest BCUT2D eigenvalue weighted by Crippen LogP contribution is -2.29. The number of rotatable bonds is 6. The smallest absolute Gasteiger partial charge is 0.451 e. The van der Waals surface area contributed by atoms with E-state index in [0.717, 1.165) is 0 Å². The van der Waals surface area contributed by atoms with E-state index in [-0.39, 0.29) is 24.7 Å². The van der Waals surface area contributed by atoms with E-state index in [0.29, 0.717) is 25.8 Å². The lowest BCUT2D eigenvalue weighted by Gasteiger charge is -2.15. The van der Waals surface area contributed by atoms with Crippen molar-refractivity contribution in [1.29, 1.82) is 0 Å². The van der Waals surface area contributed by atoms with Gasteiger partial charge in [0.1, 0.15) is 0 Å². The zero-order valence-electron chi connectivity index (χ0n) is 12.2. The Kier molecular flexibility index (Phi) is 9.19. The maximum atomic E-state index is 11.6. The Labute approximate surface area is 119 Å². The minimum absolute atomic E-state index is 0.0223. The summed E-state index contributed by atoms with van der Waals surface area (Å²) in [5.41, 5.74) is 4.50. The normalized spacial score (nSPS) is 21.1. The molecule has 1 aliphatic heterocycles. The van der Waals surface area contributed by atoms with Gasteiger partial charge in [0.05, 0.1) is 5.92 Å². The molecular formula is C12H25BN2O5. The van der Waals surface area contributed by atoms with Gasteiger partial charge in [-0.15, -0.1) is 0 Å². The first kappa shape index (κ1) is 18.9. The van der Waals surface area contributed by atoms with Crippen LogP contribution in [-0.2, 0) is 9.59 Å². The number of aliphatic carboxylic acids is 1. The van der Waals surface area contributed by atoms with Gasteiger partial charge in [-0.2, -0.15) is 0 Å². The number of likely N-dealkylation sites (tertiary alicyclic amines) is 1. The van der Waals surface area contributed by atoms with Crippen LogP contribution in [0.1, 0.15) is 26.2 Å². The number of carboxylic acid groups (broad SMARTS) is 1. The molecule has 0 spiro atoms. The first-order valence-electron chi connectivity index (χ1n) is 6.90. The minimum Gasteiger partial charge on any atom is -0.481 e. The second kappa shape index (κ2) is 9.74. The van der Waals surface area contributed by atoms with Gasteiger partial charge in [-0.25, -0.2) is 0 Å². The number of nitrogens with zero attached hydrogens (tertiary/aromatic N) is 1. The Morgan fingerprint density at radius 2 is 1.90 bits per heavy atom. The third kappa shape index (κ3) is 5.89. The van der Waals surface area contributed by atoms with Crippen molar-refractivity contribution in [3.63, 3.8) is 0 Å². The van der Waals surface area contributed by atoms with Gasteiger partial charge >= 0.3 is 13.1 Å². The van der Waals surface area contributed by atoms with Crippen LogP contribution >= 0.6 is 0 Å². The van der Waals surface area contributed by atoms with Crippen LogP contribution in [0.3, 0.4) is 0 Å². The molecule has 8 heteroatoms. The Bertz CT molecular complexity index is 314. The number of nitrogens with two attached hydrogens (primary N) is 1. The predicted octanol–water partition coefficient (Wildman–Crippen LogP) is -0.616. The van der Waals surface area contributed by atoms with Crippen molar-refractivity contribution in [3.05, 3.63) is 0 Å². The molecule has 0 aromatic carbocycles. The highest BCUT2D eigenvalue weighted by Crippen LogP contribution is 2.28. The van der Waals surface area contributed by atoms with E-state index in [9.17, 15) is 9.59 Å². The second-order valence-electron chi connectivity index (χ2n) is 4.77. The summed E-state index contributed by atoms with van der Waals surface area (Å²) >= 11 is 0. The molecule has 1 rings (SSSR count). The summed E-state index contributed by atoms with van der Waals surface area (Å²) in [4.78, 5) is 24.3. The molecule has 0 radical (unpaired) electrons. The number of amides is 1. The minimum atomic E-state index is -1.34. The lowest BCUT2D eigenvalue weighted by molar-refractivity contribution is -0.142. The first-order chi connectivity index (χ1) is 9.45. The van der Waals surface area contributed by atoms with E-state index >= 15 is 0 Å². The Hall–Kier alpha value is -1.12. The summed E-state index contributed by atoms with van der Waals surface area (Å²) in [5.74, 6) is -1.52. The van der Waals surface area contributed by atoms with Gasteiger partial charge in [0.2, 0.25) is 5.91 Å². The van der Waals surface area contributed by atoms with Crippen molar-refractivity contribution in [1.82, 2.24) is 4.90 Å². The fourth-order valence-corrected chi connectivity index (χ4v) is 2.43. The van der Waals surface area contributed by atoms with E-state index in [1.807, 2.05) is 0 Å². The van der Waals surface area contributed by atoms with Gasteiger partial charge in [-0.3, -0.25) is 9.59 Å². The fraction of sp³-hybridized carbons (Fsp3) is 0.833. The highest BCUT2D eigenvalue weighted by molar-refractivity contribution is 6.40. The highest BCUT2D eigenvalue weighted by Gasteiger charge is 2.38. The Morgan fingerprint density at radius 3 is 2.35 bits per heavy atom. The van der Waals surface area contributed by atoms with Crippen molar-refractivity contribution in [2.75, 3.05) is 20.1 Å².